The van der Waals surface area contributed by atoms with Crippen LogP contribution in [0.3, 0.4) is 0 Å². The molecule has 0 radical (unpaired) electrons. The third-order valence-electron chi connectivity index (χ3n) is 3.24. The number of hydrogen-bond donors (Lipinski definition) is 1. The fraction of sp³-hybridized carbons (Fsp3) is 0.0588. The second-order valence-electron chi connectivity index (χ2n) is 5.17. The predicted molar refractivity (Wildman–Crippen MR) is 92.9 cm³/mol. The number of aromatic nitrogens is 1. The van der Waals surface area contributed by atoms with Crippen molar-refractivity contribution in [3.05, 3.63) is 76.0 Å². The molecule has 1 N–H and O–H groups in total. The first-order chi connectivity index (χ1) is 12.0. The van der Waals surface area contributed by atoms with Crippen LogP contribution in [0, 0.1) is 17.0 Å². The topological polar surface area (TPSA) is 98.3 Å². The number of amides is 1. The Morgan fingerprint density at radius 3 is 2.56 bits per heavy atom. The first kappa shape index (κ1) is 16.7. The molecule has 2 aromatic carbocycles. The molecule has 0 fully saturated rings. The molecule has 3 aromatic rings. The van der Waals surface area contributed by atoms with E-state index in [9.17, 15) is 14.9 Å². The van der Waals surface area contributed by atoms with Gasteiger partial charge in [-0.25, -0.2) is 0 Å². The number of anilines is 1. The number of aryl methyl sites for hydroxylation is 1. The summed E-state index contributed by atoms with van der Waals surface area (Å²) >= 11 is 1.41. The van der Waals surface area contributed by atoms with E-state index in [1.165, 1.54) is 23.9 Å². The maximum atomic E-state index is 12.3. The number of nitrogens with zero attached hydrogens (tertiary/aromatic N) is 2. The molecule has 0 saturated heterocycles. The van der Waals surface area contributed by atoms with Crippen LogP contribution in [0.5, 0.6) is 0 Å². The largest absolute Gasteiger partial charge is 0.338 e. The number of carbonyl (C=O) groups excluding carboxylic acids is 1. The van der Waals surface area contributed by atoms with Crippen LogP contribution in [0.1, 0.15) is 16.1 Å². The summed E-state index contributed by atoms with van der Waals surface area (Å²) < 4.78 is 4.97. The highest BCUT2D eigenvalue weighted by atomic mass is 32.2. The van der Waals surface area contributed by atoms with Gasteiger partial charge < -0.3 is 4.52 Å². The van der Waals surface area contributed by atoms with Gasteiger partial charge in [-0.05, 0) is 37.3 Å². The van der Waals surface area contributed by atoms with E-state index < -0.39 is 4.92 Å². The lowest BCUT2D eigenvalue weighted by atomic mass is 10.2. The normalized spacial score (nSPS) is 10.4. The smallest absolute Gasteiger partial charge is 0.269 e. The van der Waals surface area contributed by atoms with Crippen molar-refractivity contribution < 1.29 is 14.2 Å². The second kappa shape index (κ2) is 7.18. The van der Waals surface area contributed by atoms with Gasteiger partial charge in [-0.2, -0.15) is 0 Å². The predicted octanol–water partition coefficient (Wildman–Crippen LogP) is 4.29. The van der Waals surface area contributed by atoms with Crippen LogP contribution in [-0.2, 0) is 0 Å². The Labute approximate surface area is 147 Å². The van der Waals surface area contributed by atoms with Gasteiger partial charge in [0.1, 0.15) is 0 Å². The summed E-state index contributed by atoms with van der Waals surface area (Å²) in [5.74, 6) is -0.0155. The molecular formula is C17H13N3O4S. The van der Waals surface area contributed by atoms with Crippen LogP contribution in [-0.4, -0.2) is 16.0 Å². The maximum Gasteiger partial charge on any atom is 0.269 e. The van der Waals surface area contributed by atoms with Crippen molar-refractivity contribution in [1.29, 1.82) is 0 Å². The van der Waals surface area contributed by atoms with Crippen molar-refractivity contribution in [2.24, 2.45) is 0 Å². The standard InChI is InChI=1S/C17H13N3O4S/c1-11-9-16(24-19-11)18-17(21)12-3-2-4-15(10-12)25-14-7-5-13(6-8-14)20(22)23/h2-10H,1H3,(H,18,21). The van der Waals surface area contributed by atoms with Gasteiger partial charge >= 0.3 is 0 Å². The molecule has 8 heteroatoms. The fourth-order valence-electron chi connectivity index (χ4n) is 2.08. The van der Waals surface area contributed by atoms with E-state index in [0.29, 0.717) is 11.3 Å². The molecular weight excluding hydrogens is 342 g/mol. The number of nitrogens with one attached hydrogen (secondary N) is 1. The van der Waals surface area contributed by atoms with Crippen molar-refractivity contribution >= 4 is 29.2 Å². The number of benzene rings is 2. The molecule has 0 aliphatic heterocycles. The Balaban J connectivity index is 1.72. The van der Waals surface area contributed by atoms with Crippen LogP contribution in [0.4, 0.5) is 11.6 Å². The number of carbonyl (C=O) groups is 1. The molecule has 0 bridgehead atoms. The Kier molecular flexibility index (Phi) is 4.80. The quantitative estimate of drug-likeness (QED) is 0.541. The van der Waals surface area contributed by atoms with Gasteiger partial charge in [-0.3, -0.25) is 20.2 Å². The van der Waals surface area contributed by atoms with Gasteiger partial charge in [0.2, 0.25) is 5.88 Å². The van der Waals surface area contributed by atoms with E-state index in [0.717, 1.165) is 9.79 Å². The minimum absolute atomic E-state index is 0.0415. The van der Waals surface area contributed by atoms with Gasteiger partial charge in [0, 0.05) is 33.6 Å². The highest BCUT2D eigenvalue weighted by Gasteiger charge is 2.11. The molecule has 0 atom stereocenters. The summed E-state index contributed by atoms with van der Waals surface area (Å²) in [6, 6.07) is 14.9. The minimum Gasteiger partial charge on any atom is -0.338 e. The molecule has 1 amide bonds. The summed E-state index contributed by atoms with van der Waals surface area (Å²) in [4.78, 5) is 24.2. The highest BCUT2D eigenvalue weighted by Crippen LogP contribution is 2.29. The van der Waals surface area contributed by atoms with Crippen LogP contribution < -0.4 is 5.32 Å². The molecule has 0 unspecified atom stereocenters. The summed E-state index contributed by atoms with van der Waals surface area (Å²) in [6.07, 6.45) is 0. The number of nitro groups is 1. The maximum absolute atomic E-state index is 12.3. The molecule has 0 spiro atoms. The molecule has 7 nitrogen and oxygen atoms in total. The van der Waals surface area contributed by atoms with E-state index in [1.807, 2.05) is 6.07 Å². The average molecular weight is 355 g/mol. The third kappa shape index (κ3) is 4.24. The van der Waals surface area contributed by atoms with Crippen molar-refractivity contribution in [3.8, 4) is 0 Å². The molecule has 1 aromatic heterocycles. The van der Waals surface area contributed by atoms with Crippen molar-refractivity contribution in [2.75, 3.05) is 5.32 Å². The summed E-state index contributed by atoms with van der Waals surface area (Å²) in [5, 5.41) is 17.0. The lowest BCUT2D eigenvalue weighted by Gasteiger charge is -2.05. The van der Waals surface area contributed by atoms with Crippen LogP contribution in [0.25, 0.3) is 0 Å². The van der Waals surface area contributed by atoms with Crippen molar-refractivity contribution in [3.63, 3.8) is 0 Å². The fourth-order valence-corrected chi connectivity index (χ4v) is 2.96. The molecule has 1 heterocycles. The zero-order chi connectivity index (χ0) is 17.8. The Bertz CT molecular complexity index is 922. The van der Waals surface area contributed by atoms with Crippen molar-refractivity contribution in [2.45, 2.75) is 16.7 Å². The number of nitro benzene ring substituents is 1. The second-order valence-corrected chi connectivity index (χ2v) is 6.31. The number of rotatable bonds is 5. The van der Waals surface area contributed by atoms with E-state index >= 15 is 0 Å². The molecule has 0 aliphatic rings. The SMILES string of the molecule is Cc1cc(NC(=O)c2cccc(Sc3ccc([N+](=O)[O-])cc3)c2)on1. The monoisotopic (exact) mass is 355 g/mol. The van der Waals surface area contributed by atoms with Gasteiger partial charge in [0.25, 0.3) is 11.6 Å². The Hall–Kier alpha value is -3.13. The average Bonchev–Trinajstić information content (AvgIpc) is 3.00. The molecule has 0 aliphatic carbocycles. The van der Waals surface area contributed by atoms with Gasteiger partial charge in [-0.1, -0.05) is 23.0 Å². The zero-order valence-corrected chi connectivity index (χ0v) is 13.9. The van der Waals surface area contributed by atoms with Gasteiger partial charge in [0.15, 0.2) is 0 Å². The molecule has 126 valence electrons. The summed E-state index contributed by atoms with van der Waals surface area (Å²) in [6.45, 7) is 1.76. The lowest BCUT2D eigenvalue weighted by Crippen LogP contribution is -2.11. The van der Waals surface area contributed by atoms with Gasteiger partial charge in [-0.15, -0.1) is 0 Å². The van der Waals surface area contributed by atoms with Crippen LogP contribution in [0.15, 0.2) is 68.9 Å². The Morgan fingerprint density at radius 2 is 1.92 bits per heavy atom. The van der Waals surface area contributed by atoms with E-state index in [-0.39, 0.29) is 17.5 Å². The minimum atomic E-state index is -0.440. The zero-order valence-electron chi connectivity index (χ0n) is 13.1. The lowest BCUT2D eigenvalue weighted by molar-refractivity contribution is -0.384. The van der Waals surface area contributed by atoms with Crippen LogP contribution in [0.2, 0.25) is 0 Å². The molecule has 25 heavy (non-hydrogen) atoms. The van der Waals surface area contributed by atoms with Crippen LogP contribution >= 0.6 is 11.8 Å². The van der Waals surface area contributed by atoms with Gasteiger partial charge in [0.05, 0.1) is 10.6 Å². The molecule has 0 saturated carbocycles. The molecule has 3 rings (SSSR count). The first-order valence-electron chi connectivity index (χ1n) is 7.28. The van der Waals surface area contributed by atoms with Crippen molar-refractivity contribution in [1.82, 2.24) is 5.16 Å². The Morgan fingerprint density at radius 1 is 1.16 bits per heavy atom. The summed E-state index contributed by atoms with van der Waals surface area (Å²) in [7, 11) is 0. The first-order valence-corrected chi connectivity index (χ1v) is 8.10. The third-order valence-corrected chi connectivity index (χ3v) is 4.24. The van der Waals surface area contributed by atoms with E-state index in [2.05, 4.69) is 10.5 Å². The number of non-ortho nitro benzene ring substituents is 1. The highest BCUT2D eigenvalue weighted by molar-refractivity contribution is 7.99. The number of hydrogen-bond acceptors (Lipinski definition) is 6. The van der Waals surface area contributed by atoms with E-state index in [1.54, 1.807) is 43.3 Å². The van der Waals surface area contributed by atoms with E-state index in [4.69, 9.17) is 4.52 Å². The summed E-state index contributed by atoms with van der Waals surface area (Å²) in [5.41, 5.74) is 1.19.